The topological polar surface area (TPSA) is 68.2 Å². The Morgan fingerprint density at radius 3 is 1.00 bits per heavy atom. The van der Waals surface area contributed by atoms with E-state index in [0.29, 0.717) is 0 Å². The molecule has 0 bridgehead atoms. The lowest BCUT2D eigenvalue weighted by molar-refractivity contribution is -0.686. The van der Waals surface area contributed by atoms with Crippen LogP contribution in [0.3, 0.4) is 0 Å². The molecule has 2 N–H and O–H groups in total. The molecule has 0 radical (unpaired) electrons. The van der Waals surface area contributed by atoms with Gasteiger partial charge in [-0.25, -0.2) is 0 Å². The van der Waals surface area contributed by atoms with Crippen LogP contribution in [-0.2, 0) is 13.1 Å². The Morgan fingerprint density at radius 2 is 0.647 bits per heavy atom. The fourth-order valence-electron chi connectivity index (χ4n) is 6.39. The molecular weight excluding hydrogens is 623 g/mol. The molecule has 51 heavy (non-hydrogen) atoms. The van der Waals surface area contributed by atoms with E-state index in [1.807, 2.05) is 72.8 Å². The number of aromatic nitrogens is 4. The van der Waals surface area contributed by atoms with Crippen molar-refractivity contribution in [3.8, 4) is 67.3 Å². The van der Waals surface area contributed by atoms with Crippen molar-refractivity contribution in [2.75, 3.05) is 0 Å². The predicted octanol–water partition coefficient (Wildman–Crippen LogP) is 9.53. The van der Waals surface area contributed by atoms with Crippen LogP contribution in [0.15, 0.2) is 182 Å². The van der Waals surface area contributed by atoms with Gasteiger partial charge in [-0.3, -0.25) is 0 Å². The Bertz CT molecular complexity index is 2170. The molecule has 0 aliphatic carbocycles. The minimum absolute atomic E-state index is 0.863. The number of hydrogen-bond donors (Lipinski definition) is 1. The molecule has 0 unspecified atom stereocenters. The first-order valence-electron chi connectivity index (χ1n) is 17.3. The second-order valence-electron chi connectivity index (χ2n) is 12.5. The van der Waals surface area contributed by atoms with Crippen LogP contribution in [0, 0.1) is 0 Å². The average Bonchev–Trinajstić information content (AvgIpc) is 3.22. The largest absolute Gasteiger partial charge is 0.339 e. The summed E-state index contributed by atoms with van der Waals surface area (Å²) < 4.78 is 0. The summed E-state index contributed by atoms with van der Waals surface area (Å²) in [6.45, 7) is 1.76. The van der Waals surface area contributed by atoms with E-state index in [2.05, 4.69) is 125 Å². The van der Waals surface area contributed by atoms with Gasteiger partial charge >= 0.3 is 0 Å². The zero-order valence-electron chi connectivity index (χ0n) is 28.1. The maximum absolute atomic E-state index is 4.71. The number of hydrogen-bond acceptors (Lipinski definition) is 4. The molecule has 0 saturated heterocycles. The van der Waals surface area contributed by atoms with E-state index in [1.54, 1.807) is 0 Å². The quantitative estimate of drug-likeness (QED) is 0.159. The second-order valence-corrected chi connectivity index (χ2v) is 12.5. The molecule has 2 aromatic heterocycles. The first-order valence-corrected chi connectivity index (χ1v) is 17.3. The third-order valence-electron chi connectivity index (χ3n) is 9.11. The number of nitrogens with two attached hydrogens (primary N) is 1. The molecule has 0 amide bonds. The van der Waals surface area contributed by atoms with Crippen LogP contribution in [-0.4, -0.2) is 20.4 Å². The van der Waals surface area contributed by atoms with E-state index in [0.717, 1.165) is 80.4 Å². The molecule has 0 fully saturated rings. The number of benzene rings is 6. The third kappa shape index (κ3) is 7.25. The van der Waals surface area contributed by atoms with E-state index < -0.39 is 0 Å². The normalized spacial score (nSPS) is 11.0. The molecule has 2 heterocycles. The summed E-state index contributed by atoms with van der Waals surface area (Å²) in [5.41, 5.74) is 14.6. The van der Waals surface area contributed by atoms with Gasteiger partial charge in [-0.2, -0.15) is 0 Å². The molecule has 5 nitrogen and oxygen atoms in total. The minimum Gasteiger partial charge on any atom is -0.339 e. The van der Waals surface area contributed by atoms with Crippen LogP contribution in [0.5, 0.6) is 0 Å². The Kier molecular flexibility index (Phi) is 9.27. The summed E-state index contributed by atoms with van der Waals surface area (Å²) >= 11 is 0. The monoisotopic (exact) mass is 658 g/mol. The number of nitrogens with zero attached hydrogens (tertiary/aromatic N) is 4. The Labute approximate surface area is 298 Å². The smallest absolute Gasteiger partial charge is 0.101 e. The standard InChI is InChI=1S/C46H35N5/c1-5-13-37(14-6-1)43-29-41(45(50-48-43)39-17-9-3-10-18-39)35-25-21-33(22-26-35)31-47-32-34-23-27-36(28-24-34)42-30-44(38-15-7-2-8-16-38)49-51-46(42)40-19-11-4-12-20-40/h1-30,47H,31-32H2/p+1. The van der Waals surface area contributed by atoms with Gasteiger partial charge in [0.2, 0.25) is 0 Å². The SMILES string of the molecule is c1ccc(-c2cc(-c3ccc(C[NH2+]Cc4ccc(-c5cc(-c6ccccc6)nnc5-c5ccccc5)cc4)cc3)c(-c3ccccc3)nn2)cc1. The fourth-order valence-corrected chi connectivity index (χ4v) is 6.39. The van der Waals surface area contributed by atoms with Gasteiger partial charge in [0, 0.05) is 44.5 Å². The van der Waals surface area contributed by atoms with Crippen molar-refractivity contribution < 1.29 is 5.32 Å². The Balaban J connectivity index is 0.984. The maximum Gasteiger partial charge on any atom is 0.101 e. The van der Waals surface area contributed by atoms with Crippen molar-refractivity contribution in [1.29, 1.82) is 0 Å². The van der Waals surface area contributed by atoms with Crippen LogP contribution < -0.4 is 5.32 Å². The molecule has 0 atom stereocenters. The summed E-state index contributed by atoms with van der Waals surface area (Å²) in [6, 6.07) is 63.0. The molecular formula is C46H36N5+. The second kappa shape index (κ2) is 14.9. The van der Waals surface area contributed by atoms with Crippen molar-refractivity contribution in [2.45, 2.75) is 13.1 Å². The first kappa shape index (κ1) is 31.7. The number of quaternary nitrogens is 1. The van der Waals surface area contributed by atoms with Gasteiger partial charge in [0.25, 0.3) is 0 Å². The predicted molar refractivity (Wildman–Crippen MR) is 206 cm³/mol. The molecule has 6 aromatic carbocycles. The van der Waals surface area contributed by atoms with Gasteiger partial charge < -0.3 is 5.32 Å². The Morgan fingerprint density at radius 1 is 0.314 bits per heavy atom. The van der Waals surface area contributed by atoms with Gasteiger partial charge in [-0.15, -0.1) is 20.4 Å². The Hall–Kier alpha value is -6.56. The van der Waals surface area contributed by atoms with E-state index in [-0.39, 0.29) is 0 Å². The highest BCUT2D eigenvalue weighted by Gasteiger charge is 2.15. The summed E-state index contributed by atoms with van der Waals surface area (Å²) in [7, 11) is 0. The molecule has 5 heteroatoms. The van der Waals surface area contributed by atoms with E-state index in [9.17, 15) is 0 Å². The van der Waals surface area contributed by atoms with Gasteiger partial charge in [0.05, 0.1) is 11.4 Å². The summed E-state index contributed by atoms with van der Waals surface area (Å²) in [5.74, 6) is 0. The van der Waals surface area contributed by atoms with Crippen molar-refractivity contribution in [1.82, 2.24) is 20.4 Å². The third-order valence-corrected chi connectivity index (χ3v) is 9.11. The van der Waals surface area contributed by atoms with Crippen LogP contribution in [0.1, 0.15) is 11.1 Å². The van der Waals surface area contributed by atoms with Gasteiger partial charge in [0.1, 0.15) is 24.5 Å². The lowest BCUT2D eigenvalue weighted by atomic mass is 9.97. The van der Waals surface area contributed by atoms with Crippen LogP contribution in [0.25, 0.3) is 67.3 Å². The summed E-state index contributed by atoms with van der Waals surface area (Å²) in [5, 5.41) is 21.0. The number of rotatable bonds is 10. The molecule has 244 valence electrons. The minimum atomic E-state index is 0.863. The lowest BCUT2D eigenvalue weighted by Gasteiger charge is -2.12. The van der Waals surface area contributed by atoms with Gasteiger partial charge in [0.15, 0.2) is 0 Å². The molecule has 8 aromatic rings. The summed E-state index contributed by atoms with van der Waals surface area (Å²) in [6.07, 6.45) is 0. The highest BCUT2D eigenvalue weighted by atomic mass is 15.1. The van der Waals surface area contributed by atoms with Crippen LogP contribution >= 0.6 is 0 Å². The summed E-state index contributed by atoms with van der Waals surface area (Å²) in [4.78, 5) is 0. The lowest BCUT2D eigenvalue weighted by Crippen LogP contribution is -2.80. The highest BCUT2D eigenvalue weighted by Crippen LogP contribution is 2.34. The maximum atomic E-state index is 4.71. The van der Waals surface area contributed by atoms with E-state index >= 15 is 0 Å². The van der Waals surface area contributed by atoms with Crippen LogP contribution in [0.2, 0.25) is 0 Å². The van der Waals surface area contributed by atoms with Crippen LogP contribution in [0.4, 0.5) is 0 Å². The molecule has 0 spiro atoms. The van der Waals surface area contributed by atoms with Crippen molar-refractivity contribution in [3.63, 3.8) is 0 Å². The average molecular weight is 659 g/mol. The van der Waals surface area contributed by atoms with Crippen molar-refractivity contribution in [2.24, 2.45) is 0 Å². The van der Waals surface area contributed by atoms with E-state index in [1.165, 1.54) is 11.1 Å². The van der Waals surface area contributed by atoms with Crippen molar-refractivity contribution in [3.05, 3.63) is 193 Å². The fraction of sp³-hybridized carbons (Fsp3) is 0.0435. The van der Waals surface area contributed by atoms with Gasteiger partial charge in [-0.1, -0.05) is 170 Å². The highest BCUT2D eigenvalue weighted by molar-refractivity contribution is 5.84. The van der Waals surface area contributed by atoms with Gasteiger partial charge in [-0.05, 0) is 23.3 Å². The molecule has 0 saturated carbocycles. The molecule has 8 rings (SSSR count). The van der Waals surface area contributed by atoms with E-state index in [4.69, 9.17) is 10.2 Å². The van der Waals surface area contributed by atoms with Crippen molar-refractivity contribution >= 4 is 0 Å². The zero-order valence-corrected chi connectivity index (χ0v) is 28.1. The molecule has 0 aliphatic rings. The first-order chi connectivity index (χ1) is 25.3. The zero-order chi connectivity index (χ0) is 34.2. The molecule has 0 aliphatic heterocycles.